The third-order valence-corrected chi connectivity index (χ3v) is 4.24. The number of nitriles is 1. The van der Waals surface area contributed by atoms with E-state index in [4.69, 9.17) is 9.47 Å². The van der Waals surface area contributed by atoms with Gasteiger partial charge in [-0.25, -0.2) is 0 Å². The fourth-order valence-corrected chi connectivity index (χ4v) is 2.66. The van der Waals surface area contributed by atoms with E-state index in [9.17, 15) is 15.2 Å². The van der Waals surface area contributed by atoms with Gasteiger partial charge in [0, 0.05) is 5.69 Å². The molecule has 0 heterocycles. The van der Waals surface area contributed by atoms with E-state index < -0.39 is 5.91 Å². The molecule has 0 atom stereocenters. The first-order valence-corrected chi connectivity index (χ1v) is 9.60. The Hall–Kier alpha value is -3.46. The molecule has 0 aliphatic rings. The molecule has 0 aromatic heterocycles. The summed E-state index contributed by atoms with van der Waals surface area (Å²) in [6.45, 7) is 2.78. The SMILES string of the molecule is CCCCCCOc1ccc(/C=C(\C#N)C(=O)Nc2ccc(O)cc2)cc1OC. The van der Waals surface area contributed by atoms with Gasteiger partial charge in [-0.05, 0) is 54.5 Å². The van der Waals surface area contributed by atoms with Gasteiger partial charge in [0.1, 0.15) is 17.4 Å². The van der Waals surface area contributed by atoms with Gasteiger partial charge in [-0.2, -0.15) is 5.26 Å². The largest absolute Gasteiger partial charge is 0.508 e. The highest BCUT2D eigenvalue weighted by molar-refractivity contribution is 6.09. The van der Waals surface area contributed by atoms with E-state index in [1.54, 1.807) is 37.4 Å². The molecule has 152 valence electrons. The molecule has 0 saturated carbocycles. The molecule has 0 aliphatic carbocycles. The third kappa shape index (κ3) is 6.89. The Bertz CT molecular complexity index is 883. The Morgan fingerprint density at radius 2 is 1.90 bits per heavy atom. The molecule has 6 nitrogen and oxygen atoms in total. The molecule has 2 rings (SSSR count). The van der Waals surface area contributed by atoms with E-state index in [0.717, 1.165) is 12.8 Å². The average Bonchev–Trinajstić information content (AvgIpc) is 2.73. The highest BCUT2D eigenvalue weighted by atomic mass is 16.5. The molecule has 29 heavy (non-hydrogen) atoms. The van der Waals surface area contributed by atoms with E-state index in [-0.39, 0.29) is 11.3 Å². The van der Waals surface area contributed by atoms with Crippen LogP contribution in [0.3, 0.4) is 0 Å². The topological polar surface area (TPSA) is 91.6 Å². The van der Waals surface area contributed by atoms with Crippen LogP contribution in [0.25, 0.3) is 6.08 Å². The number of carbonyl (C=O) groups excluding carboxylic acids is 1. The van der Waals surface area contributed by atoms with Crippen molar-refractivity contribution < 1.29 is 19.4 Å². The fourth-order valence-electron chi connectivity index (χ4n) is 2.66. The molecule has 2 aromatic carbocycles. The molecule has 0 aliphatic heterocycles. The van der Waals surface area contributed by atoms with Crippen molar-refractivity contribution >= 4 is 17.7 Å². The van der Waals surface area contributed by atoms with Crippen molar-refractivity contribution in [2.24, 2.45) is 0 Å². The normalized spacial score (nSPS) is 10.9. The van der Waals surface area contributed by atoms with Crippen LogP contribution in [-0.4, -0.2) is 24.7 Å². The second-order valence-corrected chi connectivity index (χ2v) is 6.49. The van der Waals surface area contributed by atoms with Crippen LogP contribution in [-0.2, 0) is 4.79 Å². The first kappa shape index (κ1) is 21.8. The van der Waals surface area contributed by atoms with Gasteiger partial charge in [-0.1, -0.05) is 32.3 Å². The number of nitrogens with one attached hydrogen (secondary N) is 1. The Kier molecular flexibility index (Phi) is 8.58. The van der Waals surface area contributed by atoms with Crippen LogP contribution in [0, 0.1) is 11.3 Å². The number of phenolic OH excluding ortho intramolecular Hbond substituents is 1. The molecule has 0 bridgehead atoms. The van der Waals surface area contributed by atoms with Crippen molar-refractivity contribution in [1.29, 1.82) is 5.26 Å². The maximum absolute atomic E-state index is 12.4. The maximum atomic E-state index is 12.4. The van der Waals surface area contributed by atoms with Gasteiger partial charge in [0.15, 0.2) is 11.5 Å². The van der Waals surface area contributed by atoms with Gasteiger partial charge >= 0.3 is 0 Å². The standard InChI is InChI=1S/C23H26N2O4/c1-3-4-5-6-13-29-21-12-7-17(15-22(21)28-2)14-18(16-24)23(27)25-19-8-10-20(26)11-9-19/h7-12,14-15,26H,3-6,13H2,1-2H3,(H,25,27)/b18-14+. The summed E-state index contributed by atoms with van der Waals surface area (Å²) in [5.74, 6) is 0.742. The molecule has 6 heteroatoms. The zero-order valence-corrected chi connectivity index (χ0v) is 16.8. The lowest BCUT2D eigenvalue weighted by atomic mass is 10.1. The van der Waals surface area contributed by atoms with Crippen LogP contribution in [0.1, 0.15) is 38.2 Å². The molecule has 0 fully saturated rings. The minimum Gasteiger partial charge on any atom is -0.508 e. The second kappa shape index (κ2) is 11.4. The number of benzene rings is 2. The molecule has 0 saturated heterocycles. The number of amides is 1. The number of unbranched alkanes of at least 4 members (excludes halogenated alkanes) is 3. The van der Waals surface area contributed by atoms with Crippen molar-refractivity contribution in [1.82, 2.24) is 0 Å². The summed E-state index contributed by atoms with van der Waals surface area (Å²) in [5.41, 5.74) is 1.09. The third-order valence-electron chi connectivity index (χ3n) is 4.24. The number of rotatable bonds is 10. The molecule has 0 spiro atoms. The monoisotopic (exact) mass is 394 g/mol. The van der Waals surface area contributed by atoms with E-state index >= 15 is 0 Å². The molecule has 0 radical (unpaired) electrons. The molecular formula is C23H26N2O4. The van der Waals surface area contributed by atoms with Crippen LogP contribution in [0.4, 0.5) is 5.69 Å². The van der Waals surface area contributed by atoms with Crippen LogP contribution in [0.15, 0.2) is 48.0 Å². The minimum absolute atomic E-state index is 0.0478. The summed E-state index contributed by atoms with van der Waals surface area (Å²) in [6, 6.07) is 13.2. The van der Waals surface area contributed by atoms with Gasteiger partial charge in [0.25, 0.3) is 5.91 Å². The molecule has 1 amide bonds. The summed E-state index contributed by atoms with van der Waals surface area (Å²) in [7, 11) is 1.55. The van der Waals surface area contributed by atoms with Gasteiger partial charge in [0.2, 0.25) is 0 Å². The van der Waals surface area contributed by atoms with Crippen LogP contribution < -0.4 is 14.8 Å². The predicted molar refractivity (Wildman–Crippen MR) is 113 cm³/mol. The minimum atomic E-state index is -0.534. The summed E-state index contributed by atoms with van der Waals surface area (Å²) in [6.07, 6.45) is 5.96. The second-order valence-electron chi connectivity index (χ2n) is 6.49. The van der Waals surface area contributed by atoms with E-state index in [1.165, 1.54) is 31.1 Å². The molecular weight excluding hydrogens is 368 g/mol. The Balaban J connectivity index is 2.08. The lowest BCUT2D eigenvalue weighted by Crippen LogP contribution is -2.13. The molecule has 0 unspecified atom stereocenters. The van der Waals surface area contributed by atoms with E-state index in [1.807, 2.05) is 6.07 Å². The summed E-state index contributed by atoms with van der Waals surface area (Å²) >= 11 is 0. The zero-order chi connectivity index (χ0) is 21.1. The Morgan fingerprint density at radius 3 is 2.55 bits per heavy atom. The van der Waals surface area contributed by atoms with Crippen LogP contribution in [0.2, 0.25) is 0 Å². The van der Waals surface area contributed by atoms with Crippen molar-refractivity contribution in [2.75, 3.05) is 19.0 Å². The van der Waals surface area contributed by atoms with Crippen LogP contribution >= 0.6 is 0 Å². The maximum Gasteiger partial charge on any atom is 0.266 e. The smallest absolute Gasteiger partial charge is 0.266 e. The predicted octanol–water partition coefficient (Wildman–Crippen LogP) is 4.91. The van der Waals surface area contributed by atoms with E-state index in [0.29, 0.717) is 29.4 Å². The number of ether oxygens (including phenoxy) is 2. The number of carbonyl (C=O) groups is 1. The lowest BCUT2D eigenvalue weighted by molar-refractivity contribution is -0.112. The van der Waals surface area contributed by atoms with Gasteiger partial charge in [0.05, 0.1) is 13.7 Å². The Labute approximate surface area is 171 Å². The number of anilines is 1. The quantitative estimate of drug-likeness (QED) is 0.259. The van der Waals surface area contributed by atoms with E-state index in [2.05, 4.69) is 12.2 Å². The first-order valence-electron chi connectivity index (χ1n) is 9.60. The summed E-state index contributed by atoms with van der Waals surface area (Å²) in [5, 5.41) is 21.3. The highest BCUT2D eigenvalue weighted by Crippen LogP contribution is 2.29. The van der Waals surface area contributed by atoms with Crippen molar-refractivity contribution in [3.8, 4) is 23.3 Å². The van der Waals surface area contributed by atoms with Crippen LogP contribution in [0.5, 0.6) is 17.2 Å². The molecule has 2 aromatic rings. The molecule has 2 N–H and O–H groups in total. The number of hydrogen-bond acceptors (Lipinski definition) is 5. The zero-order valence-electron chi connectivity index (χ0n) is 16.8. The summed E-state index contributed by atoms with van der Waals surface area (Å²) < 4.78 is 11.2. The summed E-state index contributed by atoms with van der Waals surface area (Å²) in [4.78, 5) is 12.4. The van der Waals surface area contributed by atoms with Gasteiger partial charge in [-0.3, -0.25) is 4.79 Å². The first-order chi connectivity index (χ1) is 14.1. The fraction of sp³-hybridized carbons (Fsp3) is 0.304. The number of nitrogens with zero attached hydrogens (tertiary/aromatic N) is 1. The lowest BCUT2D eigenvalue weighted by Gasteiger charge is -2.11. The van der Waals surface area contributed by atoms with Crippen molar-refractivity contribution in [3.63, 3.8) is 0 Å². The number of hydrogen-bond donors (Lipinski definition) is 2. The highest BCUT2D eigenvalue weighted by Gasteiger charge is 2.11. The number of aromatic hydroxyl groups is 1. The van der Waals surface area contributed by atoms with Gasteiger partial charge in [-0.15, -0.1) is 0 Å². The number of methoxy groups -OCH3 is 1. The average molecular weight is 394 g/mol. The van der Waals surface area contributed by atoms with Crippen molar-refractivity contribution in [3.05, 3.63) is 53.6 Å². The Morgan fingerprint density at radius 1 is 1.14 bits per heavy atom. The van der Waals surface area contributed by atoms with Crippen molar-refractivity contribution in [2.45, 2.75) is 32.6 Å². The van der Waals surface area contributed by atoms with Gasteiger partial charge < -0.3 is 19.9 Å². The number of phenols is 1.